The number of likely N-dealkylation sites (tertiary alicyclic amines) is 1. The second-order valence-electron chi connectivity index (χ2n) is 8.17. The number of allylic oxidation sites excluding steroid dienone is 1. The Morgan fingerprint density at radius 1 is 1.12 bits per heavy atom. The molecule has 2 atom stereocenters. The maximum Gasteiger partial charge on any atom is 0.358 e. The van der Waals surface area contributed by atoms with E-state index in [9.17, 15) is 14.4 Å². The highest BCUT2D eigenvalue weighted by molar-refractivity contribution is 8.77. The number of halogens is 3. The molecule has 1 aromatic heterocycles. The number of amides is 2. The summed E-state index contributed by atoms with van der Waals surface area (Å²) in [6.45, 7) is 0.650. The molecule has 2 unspecified atom stereocenters. The van der Waals surface area contributed by atoms with Gasteiger partial charge >= 0.3 is 5.97 Å². The predicted octanol–water partition coefficient (Wildman–Crippen LogP) is 5.56. The number of β-lactam (4-membered cyclic amide) rings is 1. The lowest BCUT2D eigenvalue weighted by atomic mass is 10.1. The Labute approximate surface area is 256 Å². The minimum absolute atomic E-state index is 0.107. The maximum atomic E-state index is 13.4. The minimum atomic E-state index is -1.85. The van der Waals surface area contributed by atoms with Crippen LogP contribution in [0, 0.1) is 0 Å². The van der Waals surface area contributed by atoms with Crippen molar-refractivity contribution in [3.05, 3.63) is 66.1 Å². The van der Waals surface area contributed by atoms with Gasteiger partial charge in [0, 0.05) is 0 Å². The van der Waals surface area contributed by atoms with Crippen LogP contribution in [0.25, 0.3) is 10.2 Å². The molecule has 15 heteroatoms. The molecule has 9 nitrogen and oxygen atoms in total. The Hall–Kier alpha value is -2.35. The van der Waals surface area contributed by atoms with Crippen molar-refractivity contribution < 1.29 is 28.6 Å². The first-order chi connectivity index (χ1) is 19.1. The van der Waals surface area contributed by atoms with Gasteiger partial charge in [-0.2, -0.15) is 0 Å². The first-order valence-corrected chi connectivity index (χ1v) is 15.7. The SMILES string of the molecule is CO/C(C)=C(\C(=O)OCC(Cl)(Cl)Cl)N1C(=O)C(NC(=O)COc2ccccc2)C1SSc1nc2ccccc2s1. The number of nitrogens with one attached hydrogen (secondary N) is 1. The third-order valence-corrected chi connectivity index (χ3v) is 9.74. The standard InChI is InChI=1S/C25H22Cl3N3O6S3/c1-14(35-2)20(23(34)37-13-25(26,27)28)31-21(33)19(30-18(32)12-36-15-8-4-3-5-9-15)22(31)39-40-24-29-16-10-6-7-11-17(16)38-24/h3-11,19,22H,12-13H2,1-2H3,(H,30,32)/b20-14+. The van der Waals surface area contributed by atoms with Crippen molar-refractivity contribution >= 4 is 95.7 Å². The number of ether oxygens (including phenoxy) is 3. The van der Waals surface area contributed by atoms with E-state index >= 15 is 0 Å². The summed E-state index contributed by atoms with van der Waals surface area (Å²) in [5.41, 5.74) is 0.668. The average molecular weight is 663 g/mol. The van der Waals surface area contributed by atoms with Crippen LogP contribution < -0.4 is 10.1 Å². The van der Waals surface area contributed by atoms with Crippen molar-refractivity contribution in [2.75, 3.05) is 20.3 Å². The number of para-hydroxylation sites is 2. The lowest BCUT2D eigenvalue weighted by molar-refractivity contribution is -0.153. The van der Waals surface area contributed by atoms with Crippen LogP contribution in [0.3, 0.4) is 0 Å². The molecule has 212 valence electrons. The van der Waals surface area contributed by atoms with Crippen molar-refractivity contribution in [1.82, 2.24) is 15.2 Å². The van der Waals surface area contributed by atoms with E-state index in [0.717, 1.165) is 14.6 Å². The number of thiazole rings is 1. The number of methoxy groups -OCH3 is 1. The Balaban J connectivity index is 1.54. The van der Waals surface area contributed by atoms with E-state index in [1.54, 1.807) is 24.3 Å². The molecule has 3 aromatic rings. The van der Waals surface area contributed by atoms with Crippen LogP contribution in [0.2, 0.25) is 0 Å². The lowest BCUT2D eigenvalue weighted by Crippen LogP contribution is -2.69. The summed E-state index contributed by atoms with van der Waals surface area (Å²) in [4.78, 5) is 44.9. The Morgan fingerprint density at radius 2 is 1.82 bits per heavy atom. The second kappa shape index (κ2) is 13.5. The van der Waals surface area contributed by atoms with Crippen LogP contribution in [0.1, 0.15) is 6.92 Å². The van der Waals surface area contributed by atoms with Crippen LogP contribution in [-0.2, 0) is 23.9 Å². The van der Waals surface area contributed by atoms with Crippen LogP contribution in [0.4, 0.5) is 0 Å². The molecule has 0 bridgehead atoms. The fraction of sp³-hybridized carbons (Fsp3) is 0.280. The van der Waals surface area contributed by atoms with E-state index in [1.807, 2.05) is 30.3 Å². The predicted molar refractivity (Wildman–Crippen MR) is 159 cm³/mol. The van der Waals surface area contributed by atoms with Crippen LogP contribution in [0.15, 0.2) is 70.4 Å². The highest BCUT2D eigenvalue weighted by Crippen LogP contribution is 2.46. The fourth-order valence-corrected chi connectivity index (χ4v) is 7.59. The van der Waals surface area contributed by atoms with E-state index < -0.39 is 39.6 Å². The molecular formula is C25H22Cl3N3O6S3. The quantitative estimate of drug-likeness (QED) is 0.0705. The molecule has 40 heavy (non-hydrogen) atoms. The number of alkyl halides is 3. The van der Waals surface area contributed by atoms with Gasteiger partial charge in [-0.05, 0) is 42.0 Å². The van der Waals surface area contributed by atoms with Crippen molar-refractivity contribution in [3.8, 4) is 5.75 Å². The number of carbonyl (C=O) groups excluding carboxylic acids is 3. The van der Waals surface area contributed by atoms with Crippen molar-refractivity contribution in [1.29, 1.82) is 0 Å². The first-order valence-electron chi connectivity index (χ1n) is 11.6. The highest BCUT2D eigenvalue weighted by Gasteiger charge is 2.53. The summed E-state index contributed by atoms with van der Waals surface area (Å²) in [5, 5.41) is 1.97. The maximum absolute atomic E-state index is 13.4. The van der Waals surface area contributed by atoms with Crippen molar-refractivity contribution in [3.63, 3.8) is 0 Å². The summed E-state index contributed by atoms with van der Waals surface area (Å²) in [6, 6.07) is 15.5. The number of carbonyl (C=O) groups is 3. The molecule has 1 aliphatic heterocycles. The molecule has 2 aromatic carbocycles. The third kappa shape index (κ3) is 7.68. The van der Waals surface area contributed by atoms with Gasteiger partial charge in [0.15, 0.2) is 16.6 Å². The van der Waals surface area contributed by atoms with Gasteiger partial charge < -0.3 is 19.5 Å². The average Bonchev–Trinajstić information content (AvgIpc) is 3.36. The molecular weight excluding hydrogens is 641 g/mol. The fourth-order valence-electron chi connectivity index (χ4n) is 3.52. The summed E-state index contributed by atoms with van der Waals surface area (Å²) >= 11 is 18.7. The van der Waals surface area contributed by atoms with E-state index in [0.29, 0.717) is 5.75 Å². The lowest BCUT2D eigenvalue weighted by Gasteiger charge is -2.46. The molecule has 2 heterocycles. The third-order valence-electron chi connectivity index (χ3n) is 5.41. The highest BCUT2D eigenvalue weighted by atomic mass is 35.6. The second-order valence-corrected chi connectivity index (χ2v) is 14.3. The monoisotopic (exact) mass is 661 g/mol. The number of hydrogen-bond donors (Lipinski definition) is 1. The number of fused-ring (bicyclic) bond motifs is 1. The number of nitrogens with zero attached hydrogens (tertiary/aromatic N) is 2. The molecule has 0 spiro atoms. The Morgan fingerprint density at radius 3 is 2.50 bits per heavy atom. The Bertz CT molecular complexity index is 1380. The van der Waals surface area contributed by atoms with Gasteiger partial charge in [0.2, 0.25) is 3.79 Å². The smallest absolute Gasteiger partial charge is 0.358 e. The summed E-state index contributed by atoms with van der Waals surface area (Å²) in [7, 11) is 3.90. The van der Waals surface area contributed by atoms with Gasteiger partial charge in [-0.25, -0.2) is 9.78 Å². The summed E-state index contributed by atoms with van der Waals surface area (Å²) < 4.78 is 15.8. The normalized spacial score (nSPS) is 17.6. The van der Waals surface area contributed by atoms with Crippen molar-refractivity contribution in [2.45, 2.75) is 26.5 Å². The summed E-state index contributed by atoms with van der Waals surface area (Å²) in [6.07, 6.45) is 0. The Kier molecular flexibility index (Phi) is 10.4. The molecule has 0 radical (unpaired) electrons. The molecule has 1 aliphatic rings. The zero-order valence-electron chi connectivity index (χ0n) is 21.0. The minimum Gasteiger partial charge on any atom is -0.499 e. The van der Waals surface area contributed by atoms with E-state index in [1.165, 1.54) is 51.9 Å². The largest absolute Gasteiger partial charge is 0.499 e. The topological polar surface area (TPSA) is 107 Å². The molecule has 1 fully saturated rings. The number of aromatic nitrogens is 1. The number of benzene rings is 2. The van der Waals surface area contributed by atoms with Gasteiger partial charge in [0.25, 0.3) is 11.8 Å². The molecule has 0 saturated carbocycles. The first kappa shape index (κ1) is 30.6. The zero-order valence-corrected chi connectivity index (χ0v) is 25.7. The van der Waals surface area contributed by atoms with E-state index in [2.05, 4.69) is 10.3 Å². The molecule has 4 rings (SSSR count). The zero-order chi connectivity index (χ0) is 28.9. The van der Waals surface area contributed by atoms with Gasteiger partial charge in [-0.15, -0.1) is 11.3 Å². The molecule has 1 N–H and O–H groups in total. The van der Waals surface area contributed by atoms with Crippen LogP contribution in [-0.4, -0.2) is 63.2 Å². The molecule has 1 saturated heterocycles. The van der Waals surface area contributed by atoms with Crippen LogP contribution >= 0.6 is 67.7 Å². The molecule has 0 aliphatic carbocycles. The van der Waals surface area contributed by atoms with Crippen LogP contribution in [0.5, 0.6) is 5.75 Å². The van der Waals surface area contributed by atoms with E-state index in [-0.39, 0.29) is 18.1 Å². The van der Waals surface area contributed by atoms with Gasteiger partial charge in [-0.3, -0.25) is 14.5 Å². The molecule has 2 amide bonds. The van der Waals surface area contributed by atoms with Gasteiger partial charge in [0.05, 0.1) is 17.3 Å². The van der Waals surface area contributed by atoms with E-state index in [4.69, 9.17) is 49.0 Å². The number of esters is 1. The number of rotatable bonds is 11. The van der Waals surface area contributed by atoms with Crippen molar-refractivity contribution in [2.24, 2.45) is 0 Å². The number of hydrogen-bond acceptors (Lipinski definition) is 10. The summed E-state index contributed by atoms with van der Waals surface area (Å²) in [5.74, 6) is -1.37. The van der Waals surface area contributed by atoms with Gasteiger partial charge in [0.1, 0.15) is 29.5 Å². The van der Waals surface area contributed by atoms with Gasteiger partial charge in [-0.1, -0.05) is 75.9 Å².